The van der Waals surface area contributed by atoms with Crippen molar-refractivity contribution in [3.8, 4) is 11.1 Å². The zero-order valence-electron chi connectivity index (χ0n) is 15.7. The summed E-state index contributed by atoms with van der Waals surface area (Å²) in [5, 5.41) is 4.99. The summed E-state index contributed by atoms with van der Waals surface area (Å²) < 4.78 is 67.3. The predicted molar refractivity (Wildman–Crippen MR) is 107 cm³/mol. The van der Waals surface area contributed by atoms with Crippen LogP contribution in [-0.4, -0.2) is 27.8 Å². The van der Waals surface area contributed by atoms with Crippen molar-refractivity contribution in [1.82, 2.24) is 9.97 Å². The maximum atomic E-state index is 14.1. The highest BCUT2D eigenvalue weighted by atomic mass is 35.5. The molecule has 4 rings (SSSR count). The molecule has 0 fully saturated rings. The number of nitrogens with zero attached hydrogens (tertiary/aromatic N) is 4. The van der Waals surface area contributed by atoms with Crippen LogP contribution in [0.3, 0.4) is 0 Å². The largest absolute Gasteiger partial charge is 0.459 e. The standard InChI is InChI=1S/C21H14ClF5N4/c22-16-6-1-2-7-17(16)31-18(9-19(30-31)20(23,24)21(25,26)27)14-5-3-4-13(8-14)15-10-28-12-29-11-15/h1-8,10-12,18H,9H2. The summed E-state index contributed by atoms with van der Waals surface area (Å²) in [6, 6.07) is 12.1. The number of hydrogen-bond donors (Lipinski definition) is 0. The fourth-order valence-electron chi connectivity index (χ4n) is 3.36. The van der Waals surface area contributed by atoms with Crippen molar-refractivity contribution >= 4 is 23.0 Å². The Kier molecular flexibility index (Phi) is 5.38. The highest BCUT2D eigenvalue weighted by Gasteiger charge is 2.62. The first-order valence-electron chi connectivity index (χ1n) is 9.10. The minimum atomic E-state index is -5.75. The smallest absolute Gasteiger partial charge is 0.256 e. The van der Waals surface area contributed by atoms with Gasteiger partial charge in [0.25, 0.3) is 0 Å². The minimum Gasteiger partial charge on any atom is -0.256 e. The van der Waals surface area contributed by atoms with Crippen LogP contribution >= 0.6 is 11.6 Å². The second-order valence-corrected chi connectivity index (χ2v) is 7.29. The molecule has 1 aliphatic heterocycles. The maximum Gasteiger partial charge on any atom is 0.459 e. The van der Waals surface area contributed by atoms with Crippen LogP contribution in [0.5, 0.6) is 0 Å². The van der Waals surface area contributed by atoms with Crippen LogP contribution in [0.2, 0.25) is 5.02 Å². The Balaban J connectivity index is 1.79. The maximum absolute atomic E-state index is 14.1. The Hall–Kier alpha value is -3.07. The van der Waals surface area contributed by atoms with Gasteiger partial charge in [-0.2, -0.15) is 27.1 Å². The molecule has 3 aromatic rings. The van der Waals surface area contributed by atoms with E-state index in [0.29, 0.717) is 16.7 Å². The van der Waals surface area contributed by atoms with Gasteiger partial charge in [-0.3, -0.25) is 5.01 Å². The molecule has 1 unspecified atom stereocenters. The molecule has 0 bridgehead atoms. The molecule has 1 aliphatic rings. The van der Waals surface area contributed by atoms with Gasteiger partial charge in [0.05, 0.1) is 16.8 Å². The number of para-hydroxylation sites is 1. The summed E-state index contributed by atoms with van der Waals surface area (Å²) in [5.41, 5.74) is 0.827. The molecule has 0 saturated carbocycles. The highest BCUT2D eigenvalue weighted by molar-refractivity contribution is 6.33. The molecule has 0 radical (unpaired) electrons. The van der Waals surface area contributed by atoms with Crippen molar-refractivity contribution in [3.63, 3.8) is 0 Å². The number of benzene rings is 2. The molecular formula is C21H14ClF5N4. The van der Waals surface area contributed by atoms with E-state index in [1.807, 2.05) is 0 Å². The van der Waals surface area contributed by atoms with E-state index in [1.54, 1.807) is 48.8 Å². The van der Waals surface area contributed by atoms with Crippen molar-refractivity contribution < 1.29 is 22.0 Å². The number of rotatable bonds is 4. The molecule has 0 saturated heterocycles. The number of halogens is 6. The Morgan fingerprint density at radius 3 is 2.29 bits per heavy atom. The van der Waals surface area contributed by atoms with Gasteiger partial charge in [-0.15, -0.1) is 0 Å². The molecule has 0 aliphatic carbocycles. The molecular weight excluding hydrogens is 439 g/mol. The van der Waals surface area contributed by atoms with Crippen molar-refractivity contribution in [3.05, 3.63) is 77.8 Å². The van der Waals surface area contributed by atoms with Crippen LogP contribution in [0, 0.1) is 0 Å². The molecule has 31 heavy (non-hydrogen) atoms. The molecule has 1 atom stereocenters. The van der Waals surface area contributed by atoms with Crippen molar-refractivity contribution in [1.29, 1.82) is 0 Å². The van der Waals surface area contributed by atoms with E-state index in [1.165, 1.54) is 18.5 Å². The number of aromatic nitrogens is 2. The van der Waals surface area contributed by atoms with E-state index >= 15 is 0 Å². The molecule has 10 heteroatoms. The zero-order chi connectivity index (χ0) is 22.2. The van der Waals surface area contributed by atoms with Gasteiger partial charge in [-0.1, -0.05) is 41.9 Å². The van der Waals surface area contributed by atoms with Crippen LogP contribution in [0.15, 0.2) is 72.4 Å². The predicted octanol–water partition coefficient (Wildman–Crippen LogP) is 6.30. The van der Waals surface area contributed by atoms with Crippen LogP contribution in [0.1, 0.15) is 18.0 Å². The third-order valence-corrected chi connectivity index (χ3v) is 5.21. The molecule has 0 spiro atoms. The minimum absolute atomic E-state index is 0.181. The third-order valence-electron chi connectivity index (χ3n) is 4.89. The average molecular weight is 453 g/mol. The van der Waals surface area contributed by atoms with Gasteiger partial charge >= 0.3 is 12.1 Å². The number of alkyl halides is 5. The van der Waals surface area contributed by atoms with Gasteiger partial charge in [0, 0.05) is 24.4 Å². The second-order valence-electron chi connectivity index (χ2n) is 6.89. The van der Waals surface area contributed by atoms with Crippen LogP contribution in [-0.2, 0) is 0 Å². The lowest BCUT2D eigenvalue weighted by molar-refractivity contribution is -0.249. The van der Waals surface area contributed by atoms with E-state index in [9.17, 15) is 22.0 Å². The number of hydrazone groups is 1. The van der Waals surface area contributed by atoms with E-state index < -0.39 is 30.3 Å². The monoisotopic (exact) mass is 452 g/mol. The zero-order valence-corrected chi connectivity index (χ0v) is 16.4. The molecule has 2 aromatic carbocycles. The van der Waals surface area contributed by atoms with E-state index in [4.69, 9.17) is 11.6 Å². The summed E-state index contributed by atoms with van der Waals surface area (Å²) in [7, 11) is 0. The van der Waals surface area contributed by atoms with Gasteiger partial charge < -0.3 is 0 Å². The second kappa shape index (κ2) is 7.88. The summed E-state index contributed by atoms with van der Waals surface area (Å²) in [6.45, 7) is 0. The number of hydrogen-bond acceptors (Lipinski definition) is 4. The topological polar surface area (TPSA) is 41.4 Å². The quantitative estimate of drug-likeness (QED) is 0.436. The first kappa shape index (κ1) is 21.2. The lowest BCUT2D eigenvalue weighted by atomic mass is 9.96. The average Bonchev–Trinajstić information content (AvgIpc) is 3.20. The lowest BCUT2D eigenvalue weighted by Gasteiger charge is -2.25. The van der Waals surface area contributed by atoms with Gasteiger partial charge in [-0.05, 0) is 29.3 Å². The van der Waals surface area contributed by atoms with Crippen LogP contribution in [0.25, 0.3) is 11.1 Å². The van der Waals surface area contributed by atoms with Crippen molar-refractivity contribution in [2.45, 2.75) is 24.6 Å². The molecule has 2 heterocycles. The van der Waals surface area contributed by atoms with Crippen molar-refractivity contribution in [2.75, 3.05) is 5.01 Å². The molecule has 0 amide bonds. The fraction of sp³-hybridized carbons (Fsp3) is 0.190. The van der Waals surface area contributed by atoms with Gasteiger partial charge in [0.2, 0.25) is 0 Å². The fourth-order valence-corrected chi connectivity index (χ4v) is 3.58. The Labute approximate surface area is 179 Å². The van der Waals surface area contributed by atoms with Gasteiger partial charge in [0.15, 0.2) is 0 Å². The lowest BCUT2D eigenvalue weighted by Crippen LogP contribution is -2.43. The Bertz CT molecular complexity index is 1120. The summed E-state index contributed by atoms with van der Waals surface area (Å²) in [5.74, 6) is -5.06. The molecule has 0 N–H and O–H groups in total. The van der Waals surface area contributed by atoms with E-state index in [2.05, 4.69) is 15.1 Å². The van der Waals surface area contributed by atoms with Crippen LogP contribution < -0.4 is 5.01 Å². The molecule has 1 aromatic heterocycles. The highest BCUT2D eigenvalue weighted by Crippen LogP contribution is 2.46. The van der Waals surface area contributed by atoms with E-state index in [0.717, 1.165) is 5.01 Å². The third kappa shape index (κ3) is 3.97. The SMILES string of the molecule is FC(F)(F)C(F)(F)C1=NN(c2ccccc2Cl)C(c2cccc(-c3cncnc3)c2)C1. The van der Waals surface area contributed by atoms with Gasteiger partial charge in [0.1, 0.15) is 12.0 Å². The van der Waals surface area contributed by atoms with Crippen LogP contribution in [0.4, 0.5) is 27.6 Å². The summed E-state index contributed by atoms with van der Waals surface area (Å²) in [6.07, 6.45) is -1.86. The molecule has 4 nitrogen and oxygen atoms in total. The van der Waals surface area contributed by atoms with Crippen molar-refractivity contribution in [2.24, 2.45) is 5.10 Å². The molecule has 160 valence electrons. The first-order valence-corrected chi connectivity index (χ1v) is 9.48. The van der Waals surface area contributed by atoms with E-state index in [-0.39, 0.29) is 10.7 Å². The Morgan fingerprint density at radius 1 is 0.903 bits per heavy atom. The normalized spacial score (nSPS) is 17.0. The Morgan fingerprint density at radius 2 is 1.61 bits per heavy atom. The summed E-state index contributed by atoms with van der Waals surface area (Å²) >= 11 is 6.20. The van der Waals surface area contributed by atoms with Gasteiger partial charge in [-0.25, -0.2) is 9.97 Å². The number of anilines is 1. The summed E-state index contributed by atoms with van der Waals surface area (Å²) in [4.78, 5) is 7.90. The first-order chi connectivity index (χ1) is 14.7.